The van der Waals surface area contributed by atoms with Crippen LogP contribution in [-0.2, 0) is 11.2 Å². The van der Waals surface area contributed by atoms with Gasteiger partial charge in [0.2, 0.25) is 5.91 Å². The molecule has 0 radical (unpaired) electrons. The Morgan fingerprint density at radius 2 is 2.00 bits per heavy atom. The first-order chi connectivity index (χ1) is 10.3. The topological polar surface area (TPSA) is 32.3 Å². The molecular weight excluding hydrogens is 260 g/mol. The van der Waals surface area contributed by atoms with Crippen molar-refractivity contribution in [2.24, 2.45) is 5.92 Å². The highest BCUT2D eigenvalue weighted by Crippen LogP contribution is 2.41. The van der Waals surface area contributed by atoms with Crippen LogP contribution in [0.5, 0.6) is 0 Å². The number of hydrogen-bond donors (Lipinski definition) is 1. The number of aryl methyl sites for hydroxylation is 1. The molecule has 0 spiro atoms. The van der Waals surface area contributed by atoms with E-state index in [1.54, 1.807) is 0 Å². The molecule has 3 aliphatic rings. The molecule has 0 bridgehead atoms. The Bertz CT molecular complexity index is 532. The summed E-state index contributed by atoms with van der Waals surface area (Å²) in [6.45, 7) is 1.87. The number of benzene rings is 1. The van der Waals surface area contributed by atoms with E-state index >= 15 is 0 Å². The van der Waals surface area contributed by atoms with Crippen molar-refractivity contribution in [1.29, 1.82) is 0 Å². The second kappa shape index (κ2) is 5.45. The molecule has 1 saturated carbocycles. The van der Waals surface area contributed by atoms with Crippen molar-refractivity contribution in [3.8, 4) is 0 Å². The fourth-order valence-corrected chi connectivity index (χ4v) is 4.03. The van der Waals surface area contributed by atoms with Crippen molar-refractivity contribution in [1.82, 2.24) is 10.2 Å². The summed E-state index contributed by atoms with van der Waals surface area (Å²) < 4.78 is 0. The summed E-state index contributed by atoms with van der Waals surface area (Å²) >= 11 is 0. The maximum Gasteiger partial charge on any atom is 0.227 e. The summed E-state index contributed by atoms with van der Waals surface area (Å²) in [4.78, 5) is 15.3. The Balaban J connectivity index is 1.64. The van der Waals surface area contributed by atoms with Gasteiger partial charge in [-0.25, -0.2) is 0 Å². The molecule has 1 aliphatic heterocycles. The average Bonchev–Trinajstić information content (AvgIpc) is 3.20. The summed E-state index contributed by atoms with van der Waals surface area (Å²) in [5.74, 6) is 0.615. The zero-order valence-electron chi connectivity index (χ0n) is 12.6. The van der Waals surface area contributed by atoms with Crippen molar-refractivity contribution >= 4 is 5.91 Å². The third-order valence-corrected chi connectivity index (χ3v) is 5.28. The molecule has 1 saturated heterocycles. The van der Waals surface area contributed by atoms with Crippen LogP contribution in [0, 0.1) is 5.92 Å². The number of fused-ring (bicyclic) bond motifs is 1. The van der Waals surface area contributed by atoms with Crippen LogP contribution in [0.3, 0.4) is 0 Å². The lowest BCUT2D eigenvalue weighted by atomic mass is 9.86. The zero-order valence-corrected chi connectivity index (χ0v) is 12.6. The quantitative estimate of drug-likeness (QED) is 0.925. The molecule has 2 fully saturated rings. The molecular formula is C18H24N2O. The fraction of sp³-hybridized carbons (Fsp3) is 0.611. The van der Waals surface area contributed by atoms with Gasteiger partial charge in [-0.3, -0.25) is 4.79 Å². The van der Waals surface area contributed by atoms with E-state index in [0.717, 1.165) is 25.9 Å². The van der Waals surface area contributed by atoms with E-state index in [-0.39, 0.29) is 5.92 Å². The number of carbonyl (C=O) groups is 1. The average molecular weight is 284 g/mol. The molecule has 1 amide bonds. The number of rotatable bonds is 3. The Hall–Kier alpha value is -1.35. The van der Waals surface area contributed by atoms with Crippen LogP contribution in [0.1, 0.15) is 49.3 Å². The van der Waals surface area contributed by atoms with Crippen molar-refractivity contribution in [3.63, 3.8) is 0 Å². The Morgan fingerprint density at radius 3 is 2.76 bits per heavy atom. The molecule has 1 heterocycles. The lowest BCUT2D eigenvalue weighted by Gasteiger charge is -2.37. The van der Waals surface area contributed by atoms with Gasteiger partial charge in [0.05, 0.1) is 12.0 Å². The van der Waals surface area contributed by atoms with E-state index in [9.17, 15) is 4.79 Å². The normalized spacial score (nSPS) is 28.2. The molecule has 2 aliphatic carbocycles. The summed E-state index contributed by atoms with van der Waals surface area (Å²) in [5.41, 5.74) is 2.87. The largest absolute Gasteiger partial charge is 0.332 e. The Labute approximate surface area is 126 Å². The van der Waals surface area contributed by atoms with Gasteiger partial charge in [0.15, 0.2) is 0 Å². The van der Waals surface area contributed by atoms with Crippen LogP contribution in [0.15, 0.2) is 24.3 Å². The van der Waals surface area contributed by atoms with Gasteiger partial charge in [0.1, 0.15) is 0 Å². The minimum Gasteiger partial charge on any atom is -0.332 e. The maximum atomic E-state index is 13.0. The second-order valence-corrected chi connectivity index (χ2v) is 6.77. The van der Waals surface area contributed by atoms with E-state index in [4.69, 9.17) is 0 Å². The molecule has 0 aromatic heterocycles. The number of hydrogen-bond acceptors (Lipinski definition) is 2. The first kappa shape index (κ1) is 13.3. The first-order valence-corrected chi connectivity index (χ1v) is 8.45. The fourth-order valence-electron chi connectivity index (χ4n) is 4.03. The van der Waals surface area contributed by atoms with E-state index in [0.29, 0.717) is 18.0 Å². The molecule has 4 rings (SSSR count). The van der Waals surface area contributed by atoms with Gasteiger partial charge in [-0.1, -0.05) is 24.3 Å². The summed E-state index contributed by atoms with van der Waals surface area (Å²) in [6, 6.07) is 9.59. The van der Waals surface area contributed by atoms with Crippen molar-refractivity contribution in [2.45, 2.75) is 50.6 Å². The van der Waals surface area contributed by atoms with E-state index in [1.165, 1.54) is 36.8 Å². The molecule has 3 nitrogen and oxygen atoms in total. The highest BCUT2D eigenvalue weighted by atomic mass is 16.2. The maximum absolute atomic E-state index is 13.0. The standard InChI is InChI=1S/C18H24N2O/c21-18(14-10-11-19-12-14)20(15-8-9-15)17-7-3-5-13-4-1-2-6-16(13)17/h1-2,4,6,14-15,17,19H,3,5,7-12H2. The van der Waals surface area contributed by atoms with Gasteiger partial charge >= 0.3 is 0 Å². The van der Waals surface area contributed by atoms with Crippen molar-refractivity contribution < 1.29 is 4.79 Å². The minimum absolute atomic E-state index is 0.208. The van der Waals surface area contributed by atoms with Gasteiger partial charge in [-0.15, -0.1) is 0 Å². The van der Waals surface area contributed by atoms with Crippen LogP contribution in [-0.4, -0.2) is 29.9 Å². The van der Waals surface area contributed by atoms with Gasteiger partial charge in [0.25, 0.3) is 0 Å². The van der Waals surface area contributed by atoms with Crippen LogP contribution in [0.2, 0.25) is 0 Å². The SMILES string of the molecule is O=C(C1CCNC1)N(C1CC1)C1CCCc2ccccc21. The van der Waals surface area contributed by atoms with E-state index in [2.05, 4.69) is 34.5 Å². The van der Waals surface area contributed by atoms with Crippen LogP contribution < -0.4 is 5.32 Å². The second-order valence-electron chi connectivity index (χ2n) is 6.77. The molecule has 2 unspecified atom stereocenters. The van der Waals surface area contributed by atoms with Gasteiger partial charge < -0.3 is 10.2 Å². The lowest BCUT2D eigenvalue weighted by Crippen LogP contribution is -2.42. The minimum atomic E-state index is 0.208. The highest BCUT2D eigenvalue weighted by molar-refractivity contribution is 5.80. The van der Waals surface area contributed by atoms with Gasteiger partial charge in [-0.2, -0.15) is 0 Å². The van der Waals surface area contributed by atoms with Crippen molar-refractivity contribution in [3.05, 3.63) is 35.4 Å². The molecule has 21 heavy (non-hydrogen) atoms. The molecule has 2 atom stereocenters. The summed E-state index contributed by atoms with van der Waals surface area (Å²) in [7, 11) is 0. The van der Waals surface area contributed by atoms with Gasteiger partial charge in [0, 0.05) is 12.6 Å². The highest BCUT2D eigenvalue weighted by Gasteiger charge is 2.41. The van der Waals surface area contributed by atoms with Crippen LogP contribution in [0.4, 0.5) is 0 Å². The first-order valence-electron chi connectivity index (χ1n) is 8.45. The number of amides is 1. The molecule has 1 N–H and O–H groups in total. The van der Waals surface area contributed by atoms with E-state index in [1.807, 2.05) is 0 Å². The van der Waals surface area contributed by atoms with Crippen LogP contribution in [0.25, 0.3) is 0 Å². The number of nitrogens with one attached hydrogen (secondary N) is 1. The lowest BCUT2D eigenvalue weighted by molar-refractivity contribution is -0.138. The number of carbonyl (C=O) groups excluding carboxylic acids is 1. The molecule has 1 aromatic rings. The Morgan fingerprint density at radius 1 is 1.14 bits per heavy atom. The van der Waals surface area contributed by atoms with E-state index < -0.39 is 0 Å². The smallest absolute Gasteiger partial charge is 0.227 e. The van der Waals surface area contributed by atoms with Gasteiger partial charge in [-0.05, 0) is 56.2 Å². The number of nitrogens with zero attached hydrogens (tertiary/aromatic N) is 1. The third kappa shape index (κ3) is 2.48. The Kier molecular flexibility index (Phi) is 3.46. The zero-order chi connectivity index (χ0) is 14.2. The third-order valence-electron chi connectivity index (χ3n) is 5.28. The molecule has 1 aromatic carbocycles. The summed E-state index contributed by atoms with van der Waals surface area (Å²) in [5, 5.41) is 3.34. The predicted molar refractivity (Wildman–Crippen MR) is 83.0 cm³/mol. The monoisotopic (exact) mass is 284 g/mol. The predicted octanol–water partition coefficient (Wildman–Crippen LogP) is 2.66. The molecule has 3 heteroatoms. The van der Waals surface area contributed by atoms with Crippen LogP contribution >= 0.6 is 0 Å². The van der Waals surface area contributed by atoms with Crippen molar-refractivity contribution in [2.75, 3.05) is 13.1 Å². The summed E-state index contributed by atoms with van der Waals surface area (Å²) in [6.07, 6.45) is 6.93. The molecule has 112 valence electrons.